The molecule has 1 aromatic carbocycles. The SMILES string of the molecule is N#Cc1ccc(Oc2cncn(Cc3cnc[nH]c3=O)c2=O)[c]([Sb])c1. The summed E-state index contributed by atoms with van der Waals surface area (Å²) in [6.07, 6.45) is 5.32. The maximum absolute atomic E-state index is 12.5. The summed E-state index contributed by atoms with van der Waals surface area (Å²) in [6, 6.07) is 6.98. The zero-order valence-electron chi connectivity index (χ0n) is 12.7. The number of rotatable bonds is 4. The van der Waals surface area contributed by atoms with Gasteiger partial charge in [0.1, 0.15) is 0 Å². The number of H-pyrrole nitrogens is 1. The Hall–Kier alpha value is -2.91. The Balaban J connectivity index is 1.92. The summed E-state index contributed by atoms with van der Waals surface area (Å²) in [5.41, 5.74) is 0.106. The molecule has 0 spiro atoms. The van der Waals surface area contributed by atoms with Crippen LogP contribution >= 0.6 is 0 Å². The third-order valence-corrected chi connectivity index (χ3v) is 4.31. The van der Waals surface area contributed by atoms with Gasteiger partial charge in [0.25, 0.3) is 0 Å². The molecule has 0 unspecified atom stereocenters. The first-order valence-electron chi connectivity index (χ1n) is 7.05. The van der Waals surface area contributed by atoms with E-state index in [1.54, 1.807) is 18.2 Å². The van der Waals surface area contributed by atoms with Crippen molar-refractivity contribution in [2.45, 2.75) is 6.54 Å². The van der Waals surface area contributed by atoms with E-state index < -0.39 is 5.56 Å². The van der Waals surface area contributed by atoms with Crippen LogP contribution < -0.4 is 19.4 Å². The van der Waals surface area contributed by atoms with Crippen molar-refractivity contribution in [3.05, 3.63) is 75.1 Å². The molecule has 122 valence electrons. The second kappa shape index (κ2) is 7.32. The molecular weight excluding hydrogens is 432 g/mol. The van der Waals surface area contributed by atoms with Gasteiger partial charge in [-0.15, -0.1) is 0 Å². The molecule has 0 saturated carbocycles. The molecule has 0 amide bonds. The summed E-state index contributed by atoms with van der Waals surface area (Å²) in [6.45, 7) is 0.0295. The van der Waals surface area contributed by atoms with Crippen molar-refractivity contribution in [1.82, 2.24) is 19.5 Å². The van der Waals surface area contributed by atoms with Crippen LogP contribution in [0.5, 0.6) is 11.5 Å². The van der Waals surface area contributed by atoms with Gasteiger partial charge in [-0.25, -0.2) is 0 Å². The topological polar surface area (TPSA) is 114 Å². The average molecular weight is 442 g/mol. The van der Waals surface area contributed by atoms with E-state index in [4.69, 9.17) is 10.00 Å². The number of benzene rings is 1. The normalized spacial score (nSPS) is 10.2. The van der Waals surface area contributed by atoms with E-state index in [-0.39, 0.29) is 17.9 Å². The van der Waals surface area contributed by atoms with Crippen molar-refractivity contribution >= 4 is 26.5 Å². The Morgan fingerprint density at radius 2 is 2.08 bits per heavy atom. The Labute approximate surface area is 155 Å². The number of hydrogen-bond acceptors (Lipinski definition) is 6. The zero-order valence-corrected chi connectivity index (χ0v) is 15.3. The molecule has 2 radical (unpaired) electrons. The van der Waals surface area contributed by atoms with Crippen LogP contribution in [0.3, 0.4) is 0 Å². The third-order valence-electron chi connectivity index (χ3n) is 3.31. The monoisotopic (exact) mass is 441 g/mol. The molecule has 0 bridgehead atoms. The Bertz CT molecular complexity index is 1080. The molecular formula is C16H10N5O3Sb. The van der Waals surface area contributed by atoms with Crippen molar-refractivity contribution in [2.75, 3.05) is 0 Å². The first-order valence-corrected chi connectivity index (χ1v) is 8.33. The molecule has 2 heterocycles. The summed E-state index contributed by atoms with van der Waals surface area (Å²) >= 11 is 1.37. The molecule has 0 aliphatic rings. The number of hydrogen-bond donors (Lipinski definition) is 1. The molecule has 8 nitrogen and oxygen atoms in total. The van der Waals surface area contributed by atoms with Crippen molar-refractivity contribution < 1.29 is 4.74 Å². The van der Waals surface area contributed by atoms with E-state index in [9.17, 15) is 9.59 Å². The van der Waals surface area contributed by atoms with Gasteiger partial charge in [0.05, 0.1) is 0 Å². The Morgan fingerprint density at radius 3 is 2.80 bits per heavy atom. The first-order chi connectivity index (χ1) is 12.1. The van der Waals surface area contributed by atoms with Gasteiger partial charge in [-0.3, -0.25) is 0 Å². The number of aromatic nitrogens is 4. The van der Waals surface area contributed by atoms with Gasteiger partial charge in [0.15, 0.2) is 0 Å². The quantitative estimate of drug-likeness (QED) is 0.562. The number of nitriles is 1. The van der Waals surface area contributed by atoms with Gasteiger partial charge in [-0.1, -0.05) is 0 Å². The number of nitrogens with one attached hydrogen (secondary N) is 1. The van der Waals surface area contributed by atoms with Crippen LogP contribution in [0.1, 0.15) is 11.1 Å². The molecule has 3 aromatic rings. The summed E-state index contributed by atoms with van der Waals surface area (Å²) in [5, 5.41) is 8.90. The maximum atomic E-state index is 12.5. The van der Waals surface area contributed by atoms with Gasteiger partial charge in [-0.2, -0.15) is 0 Å². The Morgan fingerprint density at radius 1 is 1.24 bits per heavy atom. The van der Waals surface area contributed by atoms with Crippen molar-refractivity contribution in [1.29, 1.82) is 5.26 Å². The van der Waals surface area contributed by atoms with Crippen LogP contribution in [0.25, 0.3) is 0 Å². The van der Waals surface area contributed by atoms with Crippen LogP contribution in [-0.2, 0) is 6.54 Å². The molecule has 2 aromatic heterocycles. The van der Waals surface area contributed by atoms with Crippen molar-refractivity contribution in [3.8, 4) is 17.6 Å². The summed E-state index contributed by atoms with van der Waals surface area (Å²) in [7, 11) is 0. The molecule has 0 atom stereocenters. The standard InChI is InChI=1S/C16H10N5O3.Sb/c17-5-11-1-3-13(4-2-11)24-14-7-19-10-21(16(14)23)8-12-6-18-9-20-15(12)22;/h1-3,6-7,9-10H,8H2,(H,18,20,22);. The van der Waals surface area contributed by atoms with Gasteiger partial charge >= 0.3 is 155 Å². The van der Waals surface area contributed by atoms with E-state index in [1.165, 1.54) is 52.6 Å². The van der Waals surface area contributed by atoms with Gasteiger partial charge < -0.3 is 0 Å². The molecule has 0 aliphatic carbocycles. The van der Waals surface area contributed by atoms with Crippen LogP contribution in [0.2, 0.25) is 0 Å². The van der Waals surface area contributed by atoms with Crippen LogP contribution in [0.15, 0.2) is 52.8 Å². The van der Waals surface area contributed by atoms with Gasteiger partial charge in [0, 0.05) is 0 Å². The minimum atomic E-state index is -0.423. The summed E-state index contributed by atoms with van der Waals surface area (Å²) in [5.74, 6) is 0.508. The first kappa shape index (κ1) is 16.9. The molecule has 1 N–H and O–H groups in total. The summed E-state index contributed by atoms with van der Waals surface area (Å²) in [4.78, 5) is 34.6. The zero-order chi connectivity index (χ0) is 17.8. The number of aromatic amines is 1. The molecule has 0 aliphatic heterocycles. The summed E-state index contributed by atoms with van der Waals surface area (Å²) < 4.78 is 7.69. The molecule has 0 saturated heterocycles. The van der Waals surface area contributed by atoms with E-state index in [0.29, 0.717) is 16.9 Å². The van der Waals surface area contributed by atoms with Crippen molar-refractivity contribution in [3.63, 3.8) is 0 Å². The fourth-order valence-corrected chi connectivity index (χ4v) is 2.82. The fraction of sp³-hybridized carbons (Fsp3) is 0.0625. The van der Waals surface area contributed by atoms with E-state index in [1.807, 2.05) is 6.07 Å². The molecule has 3 rings (SSSR count). The molecule has 25 heavy (non-hydrogen) atoms. The van der Waals surface area contributed by atoms with E-state index in [2.05, 4.69) is 15.0 Å². The predicted molar refractivity (Wildman–Crippen MR) is 89.1 cm³/mol. The van der Waals surface area contributed by atoms with Crippen molar-refractivity contribution in [2.24, 2.45) is 0 Å². The minimum absolute atomic E-state index is 0.0295. The van der Waals surface area contributed by atoms with Crippen LogP contribution in [0.4, 0.5) is 0 Å². The molecule has 0 fully saturated rings. The fourth-order valence-electron chi connectivity index (χ4n) is 2.08. The van der Waals surface area contributed by atoms with E-state index in [0.717, 1.165) is 3.51 Å². The van der Waals surface area contributed by atoms with Crippen LogP contribution in [-0.4, -0.2) is 42.5 Å². The second-order valence-corrected chi connectivity index (χ2v) is 6.37. The predicted octanol–water partition coefficient (Wildman–Crippen LogP) is -0.167. The number of ether oxygens (including phenoxy) is 1. The third kappa shape index (κ3) is 3.78. The van der Waals surface area contributed by atoms with Gasteiger partial charge in [0.2, 0.25) is 0 Å². The Kier molecular flexibility index (Phi) is 4.96. The van der Waals surface area contributed by atoms with Crippen LogP contribution in [0, 0.1) is 11.3 Å². The molecule has 9 heteroatoms. The number of nitrogens with zero attached hydrogens (tertiary/aromatic N) is 4. The average Bonchev–Trinajstić information content (AvgIpc) is 2.61. The second-order valence-electron chi connectivity index (χ2n) is 4.99. The van der Waals surface area contributed by atoms with Gasteiger partial charge in [-0.05, 0) is 0 Å². The van der Waals surface area contributed by atoms with E-state index >= 15 is 0 Å².